The van der Waals surface area contributed by atoms with Crippen LogP contribution in [0.5, 0.6) is 0 Å². The Labute approximate surface area is 124 Å². The monoisotopic (exact) mass is 294 g/mol. The summed E-state index contributed by atoms with van der Waals surface area (Å²) >= 11 is 0. The molecule has 0 unspecified atom stereocenters. The number of carboxylic acid groups (broad SMARTS) is 1. The molecule has 2 N–H and O–H groups in total. The lowest BCUT2D eigenvalue weighted by molar-refractivity contribution is 0.0696. The first-order valence-corrected chi connectivity index (χ1v) is 6.81. The minimum Gasteiger partial charge on any atom is -0.478 e. The molecule has 0 radical (unpaired) electrons. The number of hydrogen-bond acceptors (Lipinski definition) is 3. The maximum Gasteiger partial charge on any atom is 0.335 e. The number of carbonyl (C=O) groups excluding carboxylic acids is 1. The molecule has 0 saturated carbocycles. The fraction of sp³-hybridized carbons (Fsp3) is 0.467. The van der Waals surface area contributed by atoms with E-state index in [9.17, 15) is 9.59 Å². The minimum atomic E-state index is -0.980. The molecule has 0 atom stereocenters. The summed E-state index contributed by atoms with van der Waals surface area (Å²) in [7, 11) is 1.59. The SMILES string of the molecule is COCCN(C(=O)NCc1cccc(C(=O)O)c1)C(C)C. The largest absolute Gasteiger partial charge is 0.478 e. The predicted molar refractivity (Wildman–Crippen MR) is 79.4 cm³/mol. The van der Waals surface area contributed by atoms with Crippen molar-refractivity contribution in [1.29, 1.82) is 0 Å². The average Bonchev–Trinajstić information content (AvgIpc) is 2.45. The van der Waals surface area contributed by atoms with E-state index in [-0.39, 0.29) is 24.2 Å². The first-order valence-electron chi connectivity index (χ1n) is 6.81. The maximum absolute atomic E-state index is 12.1. The van der Waals surface area contributed by atoms with Gasteiger partial charge in [-0.15, -0.1) is 0 Å². The molecule has 2 amide bonds. The molecule has 0 aromatic heterocycles. The molecule has 0 aliphatic carbocycles. The molecule has 1 aromatic carbocycles. The van der Waals surface area contributed by atoms with Crippen LogP contribution < -0.4 is 5.32 Å². The van der Waals surface area contributed by atoms with Crippen LogP contribution in [-0.2, 0) is 11.3 Å². The van der Waals surface area contributed by atoms with E-state index in [1.54, 1.807) is 30.2 Å². The number of carboxylic acids is 1. The number of ether oxygens (including phenoxy) is 1. The summed E-state index contributed by atoms with van der Waals surface area (Å²) in [4.78, 5) is 24.7. The van der Waals surface area contributed by atoms with E-state index in [0.29, 0.717) is 13.2 Å². The minimum absolute atomic E-state index is 0.0607. The Hall–Kier alpha value is -2.08. The number of benzene rings is 1. The zero-order valence-electron chi connectivity index (χ0n) is 12.6. The smallest absolute Gasteiger partial charge is 0.335 e. The Morgan fingerprint density at radius 3 is 2.67 bits per heavy atom. The highest BCUT2D eigenvalue weighted by Gasteiger charge is 2.16. The number of aromatic carboxylic acids is 1. The topological polar surface area (TPSA) is 78.9 Å². The lowest BCUT2D eigenvalue weighted by atomic mass is 10.1. The zero-order chi connectivity index (χ0) is 15.8. The fourth-order valence-corrected chi connectivity index (χ4v) is 1.88. The van der Waals surface area contributed by atoms with Crippen molar-refractivity contribution in [3.63, 3.8) is 0 Å². The molecule has 1 rings (SSSR count). The van der Waals surface area contributed by atoms with Gasteiger partial charge in [-0.25, -0.2) is 9.59 Å². The number of nitrogens with zero attached hydrogens (tertiary/aromatic N) is 1. The molecule has 6 heteroatoms. The highest BCUT2D eigenvalue weighted by molar-refractivity contribution is 5.87. The van der Waals surface area contributed by atoms with Gasteiger partial charge < -0.3 is 20.1 Å². The molecule has 0 saturated heterocycles. The first kappa shape index (κ1) is 17.0. The van der Waals surface area contributed by atoms with Crippen molar-refractivity contribution < 1.29 is 19.4 Å². The number of hydrogen-bond donors (Lipinski definition) is 2. The normalized spacial score (nSPS) is 10.5. The second kappa shape index (κ2) is 8.26. The van der Waals surface area contributed by atoms with E-state index in [2.05, 4.69) is 5.32 Å². The predicted octanol–water partition coefficient (Wildman–Crippen LogP) is 1.95. The van der Waals surface area contributed by atoms with Crippen LogP contribution in [0.25, 0.3) is 0 Å². The molecular formula is C15H22N2O4. The molecule has 0 fully saturated rings. The summed E-state index contributed by atoms with van der Waals surface area (Å²) in [5, 5.41) is 11.7. The summed E-state index contributed by atoms with van der Waals surface area (Å²) in [5.74, 6) is -0.980. The van der Waals surface area contributed by atoms with Crippen molar-refractivity contribution >= 4 is 12.0 Å². The number of methoxy groups -OCH3 is 1. The second-order valence-corrected chi connectivity index (χ2v) is 4.94. The molecule has 6 nitrogen and oxygen atoms in total. The van der Waals surface area contributed by atoms with Crippen LogP contribution in [0.15, 0.2) is 24.3 Å². The molecular weight excluding hydrogens is 272 g/mol. The first-order chi connectivity index (χ1) is 9.95. The van der Waals surface area contributed by atoms with Gasteiger partial charge >= 0.3 is 12.0 Å². The van der Waals surface area contributed by atoms with Gasteiger partial charge in [0.2, 0.25) is 0 Å². The van der Waals surface area contributed by atoms with Crippen LogP contribution in [0.3, 0.4) is 0 Å². The average molecular weight is 294 g/mol. The summed E-state index contributed by atoms with van der Waals surface area (Å²) in [6.45, 7) is 5.13. The Balaban J connectivity index is 2.62. The van der Waals surface area contributed by atoms with Crippen LogP contribution >= 0.6 is 0 Å². The second-order valence-electron chi connectivity index (χ2n) is 4.94. The van der Waals surface area contributed by atoms with E-state index >= 15 is 0 Å². The summed E-state index contributed by atoms with van der Waals surface area (Å²) in [6.07, 6.45) is 0. The third-order valence-electron chi connectivity index (χ3n) is 3.04. The van der Waals surface area contributed by atoms with E-state index in [1.165, 1.54) is 6.07 Å². The van der Waals surface area contributed by atoms with Crippen molar-refractivity contribution in [3.05, 3.63) is 35.4 Å². The van der Waals surface area contributed by atoms with Gasteiger partial charge in [0.1, 0.15) is 0 Å². The summed E-state index contributed by atoms with van der Waals surface area (Å²) in [6, 6.07) is 6.38. The summed E-state index contributed by atoms with van der Waals surface area (Å²) < 4.78 is 4.99. The van der Waals surface area contributed by atoms with Crippen LogP contribution in [-0.4, -0.2) is 48.3 Å². The van der Waals surface area contributed by atoms with Crippen molar-refractivity contribution in [2.75, 3.05) is 20.3 Å². The number of amides is 2. The van der Waals surface area contributed by atoms with Gasteiger partial charge in [-0.05, 0) is 31.5 Å². The van der Waals surface area contributed by atoms with E-state index in [4.69, 9.17) is 9.84 Å². The Kier molecular flexibility index (Phi) is 6.68. The highest BCUT2D eigenvalue weighted by atomic mass is 16.5. The zero-order valence-corrected chi connectivity index (χ0v) is 12.6. The van der Waals surface area contributed by atoms with Crippen molar-refractivity contribution in [1.82, 2.24) is 10.2 Å². The lowest BCUT2D eigenvalue weighted by Gasteiger charge is -2.26. The van der Waals surface area contributed by atoms with E-state index in [0.717, 1.165) is 5.56 Å². The molecule has 0 spiro atoms. The van der Waals surface area contributed by atoms with Gasteiger partial charge in [0.15, 0.2) is 0 Å². The molecule has 0 bridgehead atoms. The Morgan fingerprint density at radius 2 is 2.10 bits per heavy atom. The molecule has 21 heavy (non-hydrogen) atoms. The van der Waals surface area contributed by atoms with E-state index < -0.39 is 5.97 Å². The quantitative estimate of drug-likeness (QED) is 0.805. The third-order valence-corrected chi connectivity index (χ3v) is 3.04. The van der Waals surface area contributed by atoms with Gasteiger partial charge in [0.05, 0.1) is 12.2 Å². The number of rotatable bonds is 7. The van der Waals surface area contributed by atoms with Crippen molar-refractivity contribution in [2.24, 2.45) is 0 Å². The standard InChI is InChI=1S/C15H22N2O4/c1-11(2)17(7-8-21-3)15(20)16-10-12-5-4-6-13(9-12)14(18)19/h4-6,9,11H,7-8,10H2,1-3H3,(H,16,20)(H,18,19). The van der Waals surface area contributed by atoms with E-state index in [1.807, 2.05) is 13.8 Å². The molecule has 0 aliphatic rings. The van der Waals surface area contributed by atoms with Crippen LogP contribution in [0, 0.1) is 0 Å². The number of urea groups is 1. The fourth-order valence-electron chi connectivity index (χ4n) is 1.88. The van der Waals surface area contributed by atoms with Crippen LogP contribution in [0.2, 0.25) is 0 Å². The Morgan fingerprint density at radius 1 is 1.38 bits per heavy atom. The Bertz CT molecular complexity index is 488. The molecule has 1 aromatic rings. The van der Waals surface area contributed by atoms with Gasteiger partial charge in [-0.3, -0.25) is 0 Å². The van der Waals surface area contributed by atoms with Crippen molar-refractivity contribution in [3.8, 4) is 0 Å². The number of nitrogens with one attached hydrogen (secondary N) is 1. The summed E-state index contributed by atoms with van der Waals surface area (Å²) in [5.41, 5.74) is 0.959. The van der Waals surface area contributed by atoms with Crippen LogP contribution in [0.4, 0.5) is 4.79 Å². The highest BCUT2D eigenvalue weighted by Crippen LogP contribution is 2.06. The molecule has 0 heterocycles. The maximum atomic E-state index is 12.1. The molecule has 0 aliphatic heterocycles. The lowest BCUT2D eigenvalue weighted by Crippen LogP contribution is -2.45. The van der Waals surface area contributed by atoms with Gasteiger partial charge in [-0.2, -0.15) is 0 Å². The van der Waals surface area contributed by atoms with Gasteiger partial charge in [-0.1, -0.05) is 12.1 Å². The molecule has 116 valence electrons. The van der Waals surface area contributed by atoms with Gasteiger partial charge in [0.25, 0.3) is 0 Å². The van der Waals surface area contributed by atoms with Crippen molar-refractivity contribution in [2.45, 2.75) is 26.4 Å². The van der Waals surface area contributed by atoms with Gasteiger partial charge in [0, 0.05) is 26.2 Å². The number of carbonyl (C=O) groups is 2. The van der Waals surface area contributed by atoms with Crippen LogP contribution in [0.1, 0.15) is 29.8 Å². The third kappa shape index (κ3) is 5.43.